The number of nitrogens with one attached hydrogen (secondary N) is 2. The highest BCUT2D eigenvalue weighted by Gasteiger charge is 2.19. The fraction of sp³-hybridized carbons (Fsp3) is 0.467. The fourth-order valence-corrected chi connectivity index (χ4v) is 5.28. The van der Waals surface area contributed by atoms with E-state index in [0.29, 0.717) is 23.3 Å². The van der Waals surface area contributed by atoms with Crippen molar-refractivity contribution in [1.82, 2.24) is 19.9 Å². The van der Waals surface area contributed by atoms with Gasteiger partial charge < -0.3 is 10.6 Å². The van der Waals surface area contributed by atoms with Gasteiger partial charge in [-0.1, -0.05) is 0 Å². The number of aliphatic imine (C=N–C) groups is 1. The van der Waals surface area contributed by atoms with Crippen LogP contribution in [0.4, 0.5) is 0 Å². The number of thiophene rings is 1. The van der Waals surface area contributed by atoms with Gasteiger partial charge in [-0.15, -0.1) is 22.7 Å². The van der Waals surface area contributed by atoms with Crippen LogP contribution < -0.4 is 10.6 Å². The predicted molar refractivity (Wildman–Crippen MR) is 104 cm³/mol. The van der Waals surface area contributed by atoms with Crippen LogP contribution in [-0.4, -0.2) is 44.8 Å². The van der Waals surface area contributed by atoms with Gasteiger partial charge in [-0.3, -0.25) is 4.99 Å². The Kier molecular flexibility index (Phi) is 6.55. The van der Waals surface area contributed by atoms with Gasteiger partial charge in [-0.05, 0) is 26.0 Å². The summed E-state index contributed by atoms with van der Waals surface area (Å²) in [6.07, 6.45) is 0. The van der Waals surface area contributed by atoms with Crippen molar-refractivity contribution in [2.75, 3.05) is 21.1 Å². The van der Waals surface area contributed by atoms with Crippen molar-refractivity contribution in [3.63, 3.8) is 0 Å². The highest BCUT2D eigenvalue weighted by molar-refractivity contribution is 7.91. The number of nitrogens with zero attached hydrogens (tertiary/aromatic N) is 3. The van der Waals surface area contributed by atoms with E-state index in [1.807, 2.05) is 13.0 Å². The SMILES string of the molecule is CN=C(NCc1ccc(S(=O)(=O)N(C)C)s1)NCc1nc(C)c(C)s1. The van der Waals surface area contributed by atoms with Crippen LogP contribution in [0.1, 0.15) is 20.5 Å². The molecule has 0 amide bonds. The molecule has 2 aromatic heterocycles. The summed E-state index contributed by atoms with van der Waals surface area (Å²) in [6.45, 7) is 5.16. The van der Waals surface area contributed by atoms with Crippen LogP contribution in [0.2, 0.25) is 0 Å². The first-order chi connectivity index (χ1) is 11.7. The van der Waals surface area contributed by atoms with Crippen LogP contribution in [-0.2, 0) is 23.1 Å². The molecule has 0 unspecified atom stereocenters. The first kappa shape index (κ1) is 19.8. The highest BCUT2D eigenvalue weighted by Crippen LogP contribution is 2.23. The topological polar surface area (TPSA) is 86.7 Å². The summed E-state index contributed by atoms with van der Waals surface area (Å²) in [7, 11) is 1.38. The summed E-state index contributed by atoms with van der Waals surface area (Å²) >= 11 is 2.92. The molecule has 7 nitrogen and oxygen atoms in total. The summed E-state index contributed by atoms with van der Waals surface area (Å²) in [5, 5.41) is 7.41. The molecule has 2 N–H and O–H groups in total. The molecule has 2 heterocycles. The Morgan fingerprint density at radius 3 is 2.44 bits per heavy atom. The smallest absolute Gasteiger partial charge is 0.252 e. The average molecular weight is 402 g/mol. The molecule has 10 heteroatoms. The van der Waals surface area contributed by atoms with Gasteiger partial charge in [-0.25, -0.2) is 17.7 Å². The Balaban J connectivity index is 1.92. The van der Waals surface area contributed by atoms with Crippen molar-refractivity contribution in [2.24, 2.45) is 4.99 Å². The monoisotopic (exact) mass is 401 g/mol. The lowest BCUT2D eigenvalue weighted by Crippen LogP contribution is -2.36. The minimum absolute atomic E-state index is 0.339. The van der Waals surface area contributed by atoms with Gasteiger partial charge in [0.15, 0.2) is 5.96 Å². The van der Waals surface area contributed by atoms with Crippen LogP contribution in [0.3, 0.4) is 0 Å². The van der Waals surface area contributed by atoms with Crippen LogP contribution in [0, 0.1) is 13.8 Å². The van der Waals surface area contributed by atoms with Crippen LogP contribution >= 0.6 is 22.7 Å². The van der Waals surface area contributed by atoms with Crippen molar-refractivity contribution in [3.05, 3.63) is 32.6 Å². The van der Waals surface area contributed by atoms with Gasteiger partial charge in [0.05, 0.1) is 18.8 Å². The first-order valence-electron chi connectivity index (χ1n) is 7.62. The lowest BCUT2D eigenvalue weighted by atomic mass is 10.4. The van der Waals surface area contributed by atoms with Crippen LogP contribution in [0.5, 0.6) is 0 Å². The minimum atomic E-state index is -3.38. The molecule has 25 heavy (non-hydrogen) atoms. The third-order valence-corrected chi connectivity index (χ3v) is 7.95. The quantitative estimate of drug-likeness (QED) is 0.571. The van der Waals surface area contributed by atoms with E-state index in [4.69, 9.17) is 0 Å². The Morgan fingerprint density at radius 2 is 1.88 bits per heavy atom. The van der Waals surface area contributed by atoms with Gasteiger partial charge in [0, 0.05) is 30.9 Å². The number of thiazole rings is 1. The van der Waals surface area contributed by atoms with Gasteiger partial charge in [0.1, 0.15) is 9.22 Å². The molecule has 0 fully saturated rings. The molecule has 0 saturated carbocycles. The maximum atomic E-state index is 12.1. The predicted octanol–water partition coefficient (Wildman–Crippen LogP) is 1.94. The normalized spacial score (nSPS) is 12.6. The molecule has 138 valence electrons. The summed E-state index contributed by atoms with van der Waals surface area (Å²) in [5.41, 5.74) is 1.05. The fourth-order valence-electron chi connectivity index (χ4n) is 1.94. The van der Waals surface area contributed by atoms with E-state index in [0.717, 1.165) is 15.6 Å². The first-order valence-corrected chi connectivity index (χ1v) is 10.7. The molecular weight excluding hydrogens is 378 g/mol. The number of rotatable bonds is 6. The van der Waals surface area contributed by atoms with Gasteiger partial charge in [0.2, 0.25) is 0 Å². The van der Waals surface area contributed by atoms with Gasteiger partial charge >= 0.3 is 0 Å². The maximum Gasteiger partial charge on any atom is 0.252 e. The van der Waals surface area contributed by atoms with Crippen LogP contribution in [0.15, 0.2) is 21.3 Å². The largest absolute Gasteiger partial charge is 0.352 e. The second kappa shape index (κ2) is 8.26. The van der Waals surface area contributed by atoms with Gasteiger partial charge in [0.25, 0.3) is 10.0 Å². The lowest BCUT2D eigenvalue weighted by Gasteiger charge is -2.10. The van der Waals surface area contributed by atoms with E-state index in [1.54, 1.807) is 24.5 Å². The standard InChI is InChI=1S/C15H23N5O2S3/c1-10-11(2)23-13(19-10)9-18-15(16-3)17-8-12-6-7-14(24-12)25(21,22)20(4)5/h6-7H,8-9H2,1-5H3,(H2,16,17,18). The molecule has 0 spiro atoms. The Labute approximate surface area is 156 Å². The summed E-state index contributed by atoms with van der Waals surface area (Å²) in [4.78, 5) is 10.8. The van der Waals surface area contributed by atoms with E-state index >= 15 is 0 Å². The molecule has 0 aliphatic rings. The molecule has 0 radical (unpaired) electrons. The van der Waals surface area contributed by atoms with E-state index in [9.17, 15) is 8.42 Å². The second-order valence-electron chi connectivity index (χ2n) is 5.54. The van der Waals surface area contributed by atoms with Crippen molar-refractivity contribution in [3.8, 4) is 0 Å². The molecular formula is C15H23N5O2S3. The summed E-state index contributed by atoms with van der Waals surface area (Å²) in [5.74, 6) is 0.649. The lowest BCUT2D eigenvalue weighted by molar-refractivity contribution is 0.523. The zero-order valence-corrected chi connectivity index (χ0v) is 17.4. The van der Waals surface area contributed by atoms with E-state index in [2.05, 4.69) is 27.5 Å². The zero-order valence-electron chi connectivity index (χ0n) is 15.0. The molecule has 2 aromatic rings. The molecule has 0 aromatic carbocycles. The van der Waals surface area contributed by atoms with Gasteiger partial charge in [-0.2, -0.15) is 0 Å². The third kappa shape index (κ3) is 5.00. The minimum Gasteiger partial charge on any atom is -0.352 e. The van der Waals surface area contributed by atoms with Crippen molar-refractivity contribution in [1.29, 1.82) is 0 Å². The number of aromatic nitrogens is 1. The number of hydrogen-bond acceptors (Lipinski definition) is 6. The van der Waals surface area contributed by atoms with E-state index < -0.39 is 10.0 Å². The number of aryl methyl sites for hydroxylation is 2. The maximum absolute atomic E-state index is 12.1. The Morgan fingerprint density at radius 1 is 1.20 bits per heavy atom. The molecule has 2 rings (SSSR count). The van der Waals surface area contributed by atoms with E-state index in [-0.39, 0.29) is 0 Å². The highest BCUT2D eigenvalue weighted by atomic mass is 32.2. The van der Waals surface area contributed by atoms with Crippen molar-refractivity contribution in [2.45, 2.75) is 31.1 Å². The molecule has 0 bridgehead atoms. The summed E-state index contributed by atoms with van der Waals surface area (Å²) in [6, 6.07) is 3.45. The Hall–Kier alpha value is -1.49. The number of hydrogen-bond donors (Lipinski definition) is 2. The second-order valence-corrected chi connectivity index (χ2v) is 10.4. The zero-order chi connectivity index (χ0) is 18.6. The third-order valence-electron chi connectivity index (χ3n) is 3.51. The van der Waals surface area contributed by atoms with Crippen molar-refractivity contribution >= 4 is 38.7 Å². The summed E-state index contributed by atoms with van der Waals surface area (Å²) < 4.78 is 25.8. The average Bonchev–Trinajstić information content (AvgIpc) is 3.15. The number of sulfonamides is 1. The van der Waals surface area contributed by atoms with Crippen LogP contribution in [0.25, 0.3) is 0 Å². The van der Waals surface area contributed by atoms with E-state index in [1.165, 1.54) is 34.6 Å². The Bertz CT molecular complexity index is 833. The van der Waals surface area contributed by atoms with Crippen molar-refractivity contribution < 1.29 is 8.42 Å². The molecule has 0 aliphatic carbocycles. The molecule has 0 aliphatic heterocycles. The molecule has 0 saturated heterocycles. The molecule has 0 atom stereocenters. The number of guanidine groups is 1.